The van der Waals surface area contributed by atoms with Crippen molar-refractivity contribution in [1.29, 1.82) is 0 Å². The first kappa shape index (κ1) is 13.3. The lowest BCUT2D eigenvalue weighted by Crippen LogP contribution is -2.03. The highest BCUT2D eigenvalue weighted by atomic mass is 16.5. The van der Waals surface area contributed by atoms with Gasteiger partial charge in [-0.15, -0.1) is 0 Å². The molecule has 0 atom stereocenters. The van der Waals surface area contributed by atoms with E-state index in [1.54, 1.807) is 7.11 Å². The molecule has 3 nitrogen and oxygen atoms in total. The lowest BCUT2D eigenvalue weighted by Gasteiger charge is -2.15. The summed E-state index contributed by atoms with van der Waals surface area (Å²) in [4.78, 5) is 0. The van der Waals surface area contributed by atoms with Crippen LogP contribution in [-0.4, -0.2) is 7.11 Å². The van der Waals surface area contributed by atoms with Crippen molar-refractivity contribution in [1.82, 2.24) is 0 Å². The summed E-state index contributed by atoms with van der Waals surface area (Å²) in [6.45, 7) is 4.90. The Balaban J connectivity index is 2.17. The van der Waals surface area contributed by atoms with Crippen molar-refractivity contribution in [2.45, 2.75) is 20.4 Å². The fourth-order valence-corrected chi connectivity index (χ4v) is 2.14. The van der Waals surface area contributed by atoms with Crippen LogP contribution in [0.3, 0.4) is 0 Å². The van der Waals surface area contributed by atoms with Gasteiger partial charge in [-0.05, 0) is 48.7 Å². The number of ether oxygens (including phenoxy) is 1. The molecular formula is C16H20N2O. The van der Waals surface area contributed by atoms with Crippen molar-refractivity contribution >= 4 is 11.4 Å². The molecule has 0 aliphatic heterocycles. The van der Waals surface area contributed by atoms with E-state index in [0.717, 1.165) is 23.7 Å². The van der Waals surface area contributed by atoms with Gasteiger partial charge in [-0.1, -0.05) is 18.2 Å². The minimum absolute atomic E-state index is 0.751. The van der Waals surface area contributed by atoms with Gasteiger partial charge in [0.25, 0.3) is 0 Å². The Morgan fingerprint density at radius 3 is 2.42 bits per heavy atom. The number of hydrogen-bond acceptors (Lipinski definition) is 3. The van der Waals surface area contributed by atoms with Gasteiger partial charge in [-0.25, -0.2) is 0 Å². The summed E-state index contributed by atoms with van der Waals surface area (Å²) in [6.07, 6.45) is 0. The lowest BCUT2D eigenvalue weighted by molar-refractivity contribution is 0.416. The second-order valence-corrected chi connectivity index (χ2v) is 4.75. The van der Waals surface area contributed by atoms with Crippen molar-refractivity contribution < 1.29 is 4.74 Å². The van der Waals surface area contributed by atoms with E-state index < -0.39 is 0 Å². The van der Waals surface area contributed by atoms with E-state index in [4.69, 9.17) is 10.5 Å². The van der Waals surface area contributed by atoms with E-state index in [2.05, 4.69) is 25.2 Å². The van der Waals surface area contributed by atoms with Gasteiger partial charge >= 0.3 is 0 Å². The van der Waals surface area contributed by atoms with Crippen molar-refractivity contribution in [3.05, 3.63) is 53.1 Å². The summed E-state index contributed by atoms with van der Waals surface area (Å²) in [5.41, 5.74) is 11.1. The summed E-state index contributed by atoms with van der Waals surface area (Å²) < 4.78 is 5.43. The van der Waals surface area contributed by atoms with Crippen LogP contribution in [0.4, 0.5) is 11.4 Å². The van der Waals surface area contributed by atoms with Crippen LogP contribution in [0.1, 0.15) is 16.7 Å². The predicted molar refractivity (Wildman–Crippen MR) is 80.6 cm³/mol. The summed E-state index contributed by atoms with van der Waals surface area (Å²) in [7, 11) is 1.70. The molecule has 0 saturated carbocycles. The molecule has 0 aliphatic carbocycles. The molecule has 0 radical (unpaired) electrons. The third-order valence-corrected chi connectivity index (χ3v) is 3.11. The van der Waals surface area contributed by atoms with Crippen molar-refractivity contribution in [3.63, 3.8) is 0 Å². The normalized spacial score (nSPS) is 10.3. The highest BCUT2D eigenvalue weighted by Crippen LogP contribution is 2.30. The Labute approximate surface area is 114 Å². The average Bonchev–Trinajstić information content (AvgIpc) is 2.39. The van der Waals surface area contributed by atoms with Crippen LogP contribution in [0.15, 0.2) is 36.4 Å². The van der Waals surface area contributed by atoms with Crippen LogP contribution in [0.2, 0.25) is 0 Å². The fraction of sp³-hybridized carbons (Fsp3) is 0.250. The van der Waals surface area contributed by atoms with E-state index in [0.29, 0.717) is 0 Å². The van der Waals surface area contributed by atoms with Crippen LogP contribution in [0.5, 0.6) is 5.75 Å². The number of hydrogen-bond donors (Lipinski definition) is 2. The molecule has 2 aromatic rings. The maximum Gasteiger partial charge on any atom is 0.142 e. The number of benzene rings is 2. The molecule has 3 N–H and O–H groups in total. The Kier molecular flexibility index (Phi) is 3.95. The zero-order chi connectivity index (χ0) is 13.8. The highest BCUT2D eigenvalue weighted by Gasteiger charge is 2.07. The first-order valence-corrected chi connectivity index (χ1v) is 6.33. The van der Waals surface area contributed by atoms with Gasteiger partial charge in [0.2, 0.25) is 0 Å². The van der Waals surface area contributed by atoms with Crippen LogP contribution in [0, 0.1) is 13.8 Å². The molecule has 0 unspecified atom stereocenters. The number of nitrogen functional groups attached to an aromatic ring is 1. The minimum Gasteiger partial charge on any atom is -0.495 e. The number of methoxy groups -OCH3 is 1. The number of aryl methyl sites for hydroxylation is 2. The van der Waals surface area contributed by atoms with E-state index in [9.17, 15) is 0 Å². The monoisotopic (exact) mass is 256 g/mol. The van der Waals surface area contributed by atoms with Gasteiger partial charge in [0, 0.05) is 12.2 Å². The van der Waals surface area contributed by atoms with Crippen LogP contribution in [-0.2, 0) is 6.54 Å². The van der Waals surface area contributed by atoms with E-state index in [1.165, 1.54) is 16.7 Å². The van der Waals surface area contributed by atoms with Gasteiger partial charge in [0.05, 0.1) is 12.8 Å². The number of nitrogens with two attached hydrogens (primary N) is 1. The molecule has 0 heterocycles. The second-order valence-electron chi connectivity index (χ2n) is 4.75. The lowest BCUT2D eigenvalue weighted by atomic mass is 10.1. The smallest absolute Gasteiger partial charge is 0.142 e. The molecule has 0 aliphatic rings. The molecule has 3 heteroatoms. The van der Waals surface area contributed by atoms with Crippen LogP contribution in [0.25, 0.3) is 0 Å². The highest BCUT2D eigenvalue weighted by molar-refractivity contribution is 5.63. The standard InChI is InChI=1S/C16H20N2O/c1-11-8-12(2)16(15(9-11)19-3)18-10-13-4-6-14(17)7-5-13/h4-9,18H,10,17H2,1-3H3. The fourth-order valence-electron chi connectivity index (χ4n) is 2.14. The molecule has 2 rings (SSSR count). The third kappa shape index (κ3) is 3.19. The number of anilines is 2. The zero-order valence-corrected chi connectivity index (χ0v) is 11.7. The maximum atomic E-state index is 5.68. The minimum atomic E-state index is 0.751. The number of nitrogens with one attached hydrogen (secondary N) is 1. The van der Waals surface area contributed by atoms with E-state index in [-0.39, 0.29) is 0 Å². The third-order valence-electron chi connectivity index (χ3n) is 3.11. The predicted octanol–water partition coefficient (Wildman–Crippen LogP) is 3.51. The largest absolute Gasteiger partial charge is 0.495 e. The van der Waals surface area contributed by atoms with Gasteiger partial charge in [0.1, 0.15) is 5.75 Å². The Morgan fingerprint density at radius 2 is 1.79 bits per heavy atom. The summed E-state index contributed by atoms with van der Waals surface area (Å²) >= 11 is 0. The number of rotatable bonds is 4. The van der Waals surface area contributed by atoms with Crippen molar-refractivity contribution in [3.8, 4) is 5.75 Å². The maximum absolute atomic E-state index is 5.68. The second kappa shape index (κ2) is 5.65. The van der Waals surface area contributed by atoms with Gasteiger partial charge in [0.15, 0.2) is 0 Å². The first-order valence-electron chi connectivity index (χ1n) is 6.33. The molecule has 0 bridgehead atoms. The molecule has 19 heavy (non-hydrogen) atoms. The molecule has 0 fully saturated rings. The molecular weight excluding hydrogens is 236 g/mol. The Hall–Kier alpha value is -2.16. The van der Waals surface area contributed by atoms with Crippen molar-refractivity contribution in [2.75, 3.05) is 18.2 Å². The van der Waals surface area contributed by atoms with Crippen LogP contribution < -0.4 is 15.8 Å². The summed E-state index contributed by atoms with van der Waals surface area (Å²) in [6, 6.07) is 12.1. The SMILES string of the molecule is COc1cc(C)cc(C)c1NCc1ccc(N)cc1. The van der Waals surface area contributed by atoms with Gasteiger partial charge in [-0.3, -0.25) is 0 Å². The Morgan fingerprint density at radius 1 is 1.11 bits per heavy atom. The molecule has 0 saturated heterocycles. The summed E-state index contributed by atoms with van der Waals surface area (Å²) in [5.74, 6) is 0.882. The molecule has 0 aromatic heterocycles. The molecule has 0 amide bonds. The van der Waals surface area contributed by atoms with Crippen LogP contribution >= 0.6 is 0 Å². The average molecular weight is 256 g/mol. The van der Waals surface area contributed by atoms with Crippen molar-refractivity contribution in [2.24, 2.45) is 0 Å². The Bertz CT molecular complexity index is 562. The zero-order valence-electron chi connectivity index (χ0n) is 11.7. The topological polar surface area (TPSA) is 47.3 Å². The quantitative estimate of drug-likeness (QED) is 0.823. The van der Waals surface area contributed by atoms with Gasteiger partial charge in [-0.2, -0.15) is 0 Å². The molecule has 0 spiro atoms. The van der Waals surface area contributed by atoms with E-state index in [1.807, 2.05) is 30.3 Å². The van der Waals surface area contributed by atoms with Gasteiger partial charge < -0.3 is 15.8 Å². The van der Waals surface area contributed by atoms with E-state index >= 15 is 0 Å². The molecule has 100 valence electrons. The summed E-state index contributed by atoms with van der Waals surface area (Å²) in [5, 5.41) is 3.43. The first-order chi connectivity index (χ1) is 9.10. The molecule has 2 aromatic carbocycles.